The molecule has 7 heteroatoms. The number of hydrogen-bond acceptors (Lipinski definition) is 7. The first-order valence-corrected chi connectivity index (χ1v) is 6.77. The van der Waals surface area contributed by atoms with Crippen LogP contribution in [0.5, 0.6) is 11.5 Å². The van der Waals surface area contributed by atoms with E-state index in [-0.39, 0.29) is 5.71 Å². The lowest BCUT2D eigenvalue weighted by Crippen LogP contribution is -2.42. The topological polar surface area (TPSA) is 97.6 Å². The van der Waals surface area contributed by atoms with Crippen molar-refractivity contribution in [3.63, 3.8) is 0 Å². The highest BCUT2D eigenvalue weighted by Crippen LogP contribution is 2.33. The zero-order valence-corrected chi connectivity index (χ0v) is 12.7. The molecule has 0 saturated heterocycles. The summed E-state index contributed by atoms with van der Waals surface area (Å²) >= 11 is 0. The molecule has 1 heterocycles. The largest absolute Gasteiger partial charge is 0.493 e. The third-order valence-corrected chi connectivity index (χ3v) is 3.57. The van der Waals surface area contributed by atoms with Gasteiger partial charge in [0.2, 0.25) is 0 Å². The molecule has 7 nitrogen and oxygen atoms in total. The smallest absolute Gasteiger partial charge is 0.337 e. The highest BCUT2D eigenvalue weighted by molar-refractivity contribution is 6.08. The standard InChI is InChI=1S/C15H19NO6/c1-20-10-6-8-4-5-16-12(9(8)7-11(10)21-2)13(17)14(18)15(19)22-3/h6-7,13-14,17-18H,4-5H2,1-3H3. The van der Waals surface area contributed by atoms with E-state index in [1.807, 2.05) is 0 Å². The minimum absolute atomic E-state index is 0.236. The fourth-order valence-corrected chi connectivity index (χ4v) is 2.40. The van der Waals surface area contributed by atoms with Crippen LogP contribution in [0.25, 0.3) is 0 Å². The summed E-state index contributed by atoms with van der Waals surface area (Å²) in [7, 11) is 4.18. The van der Waals surface area contributed by atoms with Gasteiger partial charge in [0.25, 0.3) is 0 Å². The molecule has 0 fully saturated rings. The van der Waals surface area contributed by atoms with Crippen LogP contribution < -0.4 is 9.47 Å². The van der Waals surface area contributed by atoms with Gasteiger partial charge in [-0.15, -0.1) is 0 Å². The lowest BCUT2D eigenvalue weighted by Gasteiger charge is -2.24. The molecule has 2 atom stereocenters. The van der Waals surface area contributed by atoms with E-state index in [1.165, 1.54) is 14.2 Å². The van der Waals surface area contributed by atoms with Crippen molar-refractivity contribution in [2.75, 3.05) is 27.9 Å². The Kier molecular flexibility index (Phi) is 4.99. The summed E-state index contributed by atoms with van der Waals surface area (Å²) in [4.78, 5) is 15.6. The molecule has 0 spiro atoms. The quantitative estimate of drug-likeness (QED) is 0.740. The molecule has 1 aliphatic heterocycles. The second kappa shape index (κ2) is 6.76. The summed E-state index contributed by atoms with van der Waals surface area (Å²) in [6.07, 6.45) is -2.49. The highest BCUT2D eigenvalue weighted by Gasteiger charge is 2.32. The summed E-state index contributed by atoms with van der Waals surface area (Å²) in [5.74, 6) is 0.143. The van der Waals surface area contributed by atoms with E-state index in [4.69, 9.17) is 9.47 Å². The maximum atomic E-state index is 11.4. The highest BCUT2D eigenvalue weighted by atomic mass is 16.5. The van der Waals surface area contributed by atoms with Crippen molar-refractivity contribution in [1.82, 2.24) is 0 Å². The lowest BCUT2D eigenvalue weighted by atomic mass is 9.92. The van der Waals surface area contributed by atoms with Crippen LogP contribution in [0.15, 0.2) is 17.1 Å². The molecule has 22 heavy (non-hydrogen) atoms. The van der Waals surface area contributed by atoms with Gasteiger partial charge in [0, 0.05) is 12.1 Å². The molecule has 1 aromatic rings. The van der Waals surface area contributed by atoms with Gasteiger partial charge in [-0.3, -0.25) is 4.99 Å². The Morgan fingerprint density at radius 3 is 2.41 bits per heavy atom. The summed E-state index contributed by atoms with van der Waals surface area (Å²) < 4.78 is 14.9. The number of aliphatic imine (C=N–C) groups is 1. The number of hydrogen-bond donors (Lipinski definition) is 2. The van der Waals surface area contributed by atoms with Crippen molar-refractivity contribution >= 4 is 11.7 Å². The number of carbonyl (C=O) groups excluding carboxylic acids is 1. The maximum Gasteiger partial charge on any atom is 0.337 e. The monoisotopic (exact) mass is 309 g/mol. The van der Waals surface area contributed by atoms with Crippen LogP contribution in [0.2, 0.25) is 0 Å². The van der Waals surface area contributed by atoms with Gasteiger partial charge in [0.15, 0.2) is 17.6 Å². The molecule has 1 aromatic carbocycles. The summed E-state index contributed by atoms with van der Waals surface area (Å²) in [5, 5.41) is 20.1. The number of aliphatic hydroxyl groups excluding tert-OH is 2. The van der Waals surface area contributed by atoms with Crippen molar-refractivity contribution in [2.45, 2.75) is 18.6 Å². The number of nitrogens with zero attached hydrogens (tertiary/aromatic N) is 1. The van der Waals surface area contributed by atoms with Crippen molar-refractivity contribution in [3.05, 3.63) is 23.3 Å². The molecule has 1 aliphatic rings. The Labute approximate surface area is 128 Å². The second-order valence-corrected chi connectivity index (χ2v) is 4.79. The fraction of sp³-hybridized carbons (Fsp3) is 0.467. The predicted molar refractivity (Wildman–Crippen MR) is 78.7 cm³/mol. The van der Waals surface area contributed by atoms with Gasteiger partial charge in [-0.1, -0.05) is 0 Å². The van der Waals surface area contributed by atoms with Crippen LogP contribution in [0.4, 0.5) is 0 Å². The minimum atomic E-state index is -1.69. The first-order chi connectivity index (χ1) is 10.5. The van der Waals surface area contributed by atoms with E-state index in [0.717, 1.165) is 12.7 Å². The molecule has 2 unspecified atom stereocenters. The van der Waals surface area contributed by atoms with Gasteiger partial charge in [-0.05, 0) is 24.1 Å². The van der Waals surface area contributed by atoms with Gasteiger partial charge < -0.3 is 24.4 Å². The molecular weight excluding hydrogens is 290 g/mol. The third-order valence-electron chi connectivity index (χ3n) is 3.57. The number of aliphatic hydroxyl groups is 2. The fourth-order valence-electron chi connectivity index (χ4n) is 2.40. The molecule has 0 aromatic heterocycles. The zero-order chi connectivity index (χ0) is 16.3. The predicted octanol–water partition coefficient (Wildman–Crippen LogP) is -0.0562. The van der Waals surface area contributed by atoms with Crippen molar-refractivity contribution in [1.29, 1.82) is 0 Å². The molecule has 0 saturated carbocycles. The van der Waals surface area contributed by atoms with E-state index in [0.29, 0.717) is 30.0 Å². The Balaban J connectivity index is 2.41. The Hall–Kier alpha value is -2.12. The second-order valence-electron chi connectivity index (χ2n) is 4.79. The Morgan fingerprint density at radius 2 is 1.82 bits per heavy atom. The molecule has 2 rings (SSSR count). The van der Waals surface area contributed by atoms with E-state index in [1.54, 1.807) is 12.1 Å². The lowest BCUT2D eigenvalue weighted by molar-refractivity contribution is -0.154. The number of rotatable bonds is 5. The number of fused-ring (bicyclic) bond motifs is 1. The number of ether oxygens (including phenoxy) is 3. The summed E-state index contributed by atoms with van der Waals surface area (Å²) in [5.41, 5.74) is 1.76. The summed E-state index contributed by atoms with van der Waals surface area (Å²) in [6, 6.07) is 3.49. The van der Waals surface area contributed by atoms with Gasteiger partial charge in [-0.2, -0.15) is 0 Å². The first kappa shape index (κ1) is 16.3. The SMILES string of the molecule is COC(=O)C(O)C(O)C1=NCCc2cc(OC)c(OC)cc21. The van der Waals surface area contributed by atoms with E-state index >= 15 is 0 Å². The van der Waals surface area contributed by atoms with Crippen molar-refractivity contribution in [2.24, 2.45) is 4.99 Å². The van der Waals surface area contributed by atoms with Gasteiger partial charge in [0.1, 0.15) is 6.10 Å². The van der Waals surface area contributed by atoms with E-state index in [2.05, 4.69) is 9.73 Å². The van der Waals surface area contributed by atoms with E-state index < -0.39 is 18.2 Å². The molecular formula is C15H19NO6. The number of benzene rings is 1. The Bertz CT molecular complexity index is 598. The van der Waals surface area contributed by atoms with E-state index in [9.17, 15) is 15.0 Å². The van der Waals surface area contributed by atoms with Gasteiger partial charge in [-0.25, -0.2) is 4.79 Å². The first-order valence-electron chi connectivity index (χ1n) is 6.77. The molecule has 0 bridgehead atoms. The van der Waals surface area contributed by atoms with Gasteiger partial charge >= 0.3 is 5.97 Å². The van der Waals surface area contributed by atoms with Gasteiger partial charge in [0.05, 0.1) is 27.0 Å². The summed E-state index contributed by atoms with van der Waals surface area (Å²) in [6.45, 7) is 0.447. The average Bonchev–Trinajstić information content (AvgIpc) is 2.57. The van der Waals surface area contributed by atoms with Crippen LogP contribution in [-0.2, 0) is 16.0 Å². The molecule has 2 N–H and O–H groups in total. The number of esters is 1. The van der Waals surface area contributed by atoms with Crippen LogP contribution >= 0.6 is 0 Å². The molecule has 0 amide bonds. The van der Waals surface area contributed by atoms with Crippen LogP contribution in [0, 0.1) is 0 Å². The van der Waals surface area contributed by atoms with Crippen molar-refractivity contribution < 1.29 is 29.2 Å². The number of methoxy groups -OCH3 is 3. The minimum Gasteiger partial charge on any atom is -0.493 e. The molecule has 0 radical (unpaired) electrons. The maximum absolute atomic E-state index is 11.4. The van der Waals surface area contributed by atoms with Crippen molar-refractivity contribution in [3.8, 4) is 11.5 Å². The molecule has 0 aliphatic carbocycles. The van der Waals surface area contributed by atoms with Crippen LogP contribution in [-0.4, -0.2) is 62.0 Å². The average molecular weight is 309 g/mol. The number of carbonyl (C=O) groups is 1. The zero-order valence-electron chi connectivity index (χ0n) is 12.7. The normalized spacial score (nSPS) is 16.1. The molecule has 120 valence electrons. The van der Waals surface area contributed by atoms with Crippen LogP contribution in [0.1, 0.15) is 11.1 Å². The third kappa shape index (κ3) is 2.90. The Morgan fingerprint density at radius 1 is 1.18 bits per heavy atom. The van der Waals surface area contributed by atoms with Crippen LogP contribution in [0.3, 0.4) is 0 Å².